The topological polar surface area (TPSA) is 78.5 Å². The maximum atomic E-state index is 12.8. The van der Waals surface area contributed by atoms with E-state index in [1.807, 2.05) is 11.0 Å². The first-order valence-electron chi connectivity index (χ1n) is 8.75. The third kappa shape index (κ3) is 2.81. The van der Waals surface area contributed by atoms with Crippen LogP contribution in [-0.2, 0) is 15.0 Å². The SMILES string of the molecule is O=C1CC[C@@H](C(=O)N2CCC3(C=Cc4ccccc43)CC2)NC(=O)N1. The van der Waals surface area contributed by atoms with Gasteiger partial charge in [0.2, 0.25) is 11.8 Å². The second-order valence-electron chi connectivity index (χ2n) is 7.01. The van der Waals surface area contributed by atoms with E-state index in [0.29, 0.717) is 19.5 Å². The molecule has 3 aliphatic rings. The molecule has 6 heteroatoms. The van der Waals surface area contributed by atoms with Crippen LogP contribution < -0.4 is 10.6 Å². The fourth-order valence-corrected chi connectivity index (χ4v) is 4.13. The number of likely N-dealkylation sites (tertiary alicyclic amines) is 1. The average molecular weight is 339 g/mol. The predicted molar refractivity (Wildman–Crippen MR) is 92.7 cm³/mol. The van der Waals surface area contributed by atoms with Crippen LogP contribution in [0.1, 0.15) is 36.8 Å². The van der Waals surface area contributed by atoms with Gasteiger partial charge in [0.05, 0.1) is 0 Å². The van der Waals surface area contributed by atoms with Gasteiger partial charge >= 0.3 is 6.03 Å². The molecule has 2 saturated heterocycles. The van der Waals surface area contributed by atoms with Gasteiger partial charge in [0.1, 0.15) is 6.04 Å². The molecule has 0 radical (unpaired) electrons. The maximum absolute atomic E-state index is 12.8. The summed E-state index contributed by atoms with van der Waals surface area (Å²) in [5.74, 6) is -0.423. The number of hydrogen-bond acceptors (Lipinski definition) is 3. The standard InChI is InChI=1S/C19H21N3O3/c23-16-6-5-15(20-18(25)21-16)17(24)22-11-9-19(10-12-22)8-7-13-3-1-2-4-14(13)19/h1-4,7-8,15H,5-6,9-12H2,(H2,20,21,23,25)/t15-/m0/s1. The Morgan fingerprint density at radius 1 is 1.16 bits per heavy atom. The van der Waals surface area contributed by atoms with Crippen molar-refractivity contribution in [2.75, 3.05) is 13.1 Å². The number of nitrogens with one attached hydrogen (secondary N) is 2. The lowest BCUT2D eigenvalue weighted by atomic mass is 9.74. The van der Waals surface area contributed by atoms with Crippen molar-refractivity contribution in [2.24, 2.45) is 0 Å². The number of fused-ring (bicyclic) bond motifs is 2. The summed E-state index contributed by atoms with van der Waals surface area (Å²) < 4.78 is 0. The molecule has 0 bridgehead atoms. The fourth-order valence-electron chi connectivity index (χ4n) is 4.13. The summed E-state index contributed by atoms with van der Waals surface area (Å²) >= 11 is 0. The number of piperidine rings is 1. The van der Waals surface area contributed by atoms with Gasteiger partial charge < -0.3 is 10.2 Å². The molecule has 2 N–H and O–H groups in total. The van der Waals surface area contributed by atoms with Gasteiger partial charge in [-0.2, -0.15) is 0 Å². The van der Waals surface area contributed by atoms with Gasteiger partial charge in [-0.1, -0.05) is 36.4 Å². The molecular formula is C19H21N3O3. The molecule has 2 aliphatic heterocycles. The monoisotopic (exact) mass is 339 g/mol. The molecule has 25 heavy (non-hydrogen) atoms. The van der Waals surface area contributed by atoms with Crippen LogP contribution in [0.15, 0.2) is 30.3 Å². The van der Waals surface area contributed by atoms with E-state index < -0.39 is 12.1 Å². The Balaban J connectivity index is 1.44. The first-order valence-corrected chi connectivity index (χ1v) is 8.75. The van der Waals surface area contributed by atoms with Crippen molar-refractivity contribution in [3.63, 3.8) is 0 Å². The molecule has 1 spiro atoms. The van der Waals surface area contributed by atoms with E-state index in [1.54, 1.807) is 0 Å². The van der Waals surface area contributed by atoms with Crippen molar-refractivity contribution in [3.8, 4) is 0 Å². The number of urea groups is 1. The molecule has 1 aromatic carbocycles. The maximum Gasteiger partial charge on any atom is 0.322 e. The van der Waals surface area contributed by atoms with Crippen molar-refractivity contribution in [3.05, 3.63) is 41.5 Å². The molecule has 1 aromatic rings. The summed E-state index contributed by atoms with van der Waals surface area (Å²) in [7, 11) is 0. The molecule has 1 atom stereocenters. The van der Waals surface area contributed by atoms with Crippen LogP contribution in [0.3, 0.4) is 0 Å². The van der Waals surface area contributed by atoms with E-state index in [9.17, 15) is 14.4 Å². The number of imide groups is 1. The quantitative estimate of drug-likeness (QED) is 0.815. The number of allylic oxidation sites excluding steroid dienone is 1. The minimum absolute atomic E-state index is 0.0254. The van der Waals surface area contributed by atoms with Crippen LogP contribution in [0.25, 0.3) is 6.08 Å². The molecule has 4 amide bonds. The van der Waals surface area contributed by atoms with Crippen molar-refractivity contribution < 1.29 is 14.4 Å². The number of nitrogens with zero attached hydrogens (tertiary/aromatic N) is 1. The Labute approximate surface area is 146 Å². The second kappa shape index (κ2) is 6.02. The summed E-state index contributed by atoms with van der Waals surface area (Å²) in [5, 5.41) is 4.82. The number of hydrogen-bond donors (Lipinski definition) is 2. The Bertz CT molecular complexity index is 763. The number of rotatable bonds is 1. The van der Waals surface area contributed by atoms with Crippen LogP contribution in [0.4, 0.5) is 4.79 Å². The zero-order valence-electron chi connectivity index (χ0n) is 14.0. The van der Waals surface area contributed by atoms with Crippen LogP contribution in [0.5, 0.6) is 0 Å². The van der Waals surface area contributed by atoms with E-state index in [4.69, 9.17) is 0 Å². The Hall–Kier alpha value is -2.63. The van der Waals surface area contributed by atoms with Crippen molar-refractivity contribution in [1.29, 1.82) is 0 Å². The van der Waals surface area contributed by atoms with Crippen molar-refractivity contribution in [2.45, 2.75) is 37.1 Å². The average Bonchev–Trinajstić information content (AvgIpc) is 2.87. The third-order valence-corrected chi connectivity index (χ3v) is 5.56. The molecule has 130 valence electrons. The summed E-state index contributed by atoms with van der Waals surface area (Å²) in [6.45, 7) is 1.32. The van der Waals surface area contributed by atoms with Gasteiger partial charge in [-0.3, -0.25) is 14.9 Å². The van der Waals surface area contributed by atoms with E-state index in [2.05, 4.69) is 41.0 Å². The van der Waals surface area contributed by atoms with Crippen molar-refractivity contribution >= 4 is 23.9 Å². The van der Waals surface area contributed by atoms with Crippen LogP contribution in [0, 0.1) is 0 Å². The smallest absolute Gasteiger partial charge is 0.322 e. The molecule has 0 saturated carbocycles. The number of carbonyl (C=O) groups is 3. The molecule has 0 aromatic heterocycles. The van der Waals surface area contributed by atoms with Crippen LogP contribution >= 0.6 is 0 Å². The lowest BCUT2D eigenvalue weighted by molar-refractivity contribution is -0.134. The minimum atomic E-state index is -0.619. The van der Waals surface area contributed by atoms with Gasteiger partial charge in [-0.15, -0.1) is 0 Å². The molecule has 4 rings (SSSR count). The highest BCUT2D eigenvalue weighted by Crippen LogP contribution is 2.43. The van der Waals surface area contributed by atoms with E-state index in [-0.39, 0.29) is 23.7 Å². The molecule has 2 heterocycles. The second-order valence-corrected chi connectivity index (χ2v) is 7.01. The van der Waals surface area contributed by atoms with E-state index >= 15 is 0 Å². The number of benzene rings is 1. The summed E-state index contributed by atoms with van der Waals surface area (Å²) in [4.78, 5) is 37.6. The number of amides is 4. The van der Waals surface area contributed by atoms with Crippen LogP contribution in [0.2, 0.25) is 0 Å². The minimum Gasteiger partial charge on any atom is -0.341 e. The van der Waals surface area contributed by atoms with Gasteiger partial charge in [-0.05, 0) is 30.4 Å². The molecule has 6 nitrogen and oxygen atoms in total. The predicted octanol–water partition coefficient (Wildman–Crippen LogP) is 1.56. The highest BCUT2D eigenvalue weighted by Gasteiger charge is 2.40. The first-order chi connectivity index (χ1) is 12.1. The van der Waals surface area contributed by atoms with Crippen LogP contribution in [-0.4, -0.2) is 41.9 Å². The first kappa shape index (κ1) is 15.9. The Kier molecular flexibility index (Phi) is 3.82. The van der Waals surface area contributed by atoms with E-state index in [0.717, 1.165) is 12.8 Å². The van der Waals surface area contributed by atoms with E-state index in [1.165, 1.54) is 11.1 Å². The van der Waals surface area contributed by atoms with Gasteiger partial charge in [0, 0.05) is 24.9 Å². The highest BCUT2D eigenvalue weighted by molar-refractivity contribution is 5.98. The number of carbonyl (C=O) groups excluding carboxylic acids is 3. The Morgan fingerprint density at radius 2 is 1.92 bits per heavy atom. The normalized spacial score (nSPS) is 24.5. The van der Waals surface area contributed by atoms with Gasteiger partial charge in [0.25, 0.3) is 0 Å². The summed E-state index contributed by atoms with van der Waals surface area (Å²) in [6.07, 6.45) is 6.74. The summed E-state index contributed by atoms with van der Waals surface area (Å²) in [6, 6.07) is 7.22. The molecule has 1 aliphatic carbocycles. The molecular weight excluding hydrogens is 318 g/mol. The summed E-state index contributed by atoms with van der Waals surface area (Å²) in [5.41, 5.74) is 2.64. The lowest BCUT2D eigenvalue weighted by Crippen LogP contribution is -2.53. The zero-order valence-corrected chi connectivity index (χ0v) is 14.0. The highest BCUT2D eigenvalue weighted by atomic mass is 16.2. The van der Waals surface area contributed by atoms with Gasteiger partial charge in [0.15, 0.2) is 0 Å². The Morgan fingerprint density at radius 3 is 2.72 bits per heavy atom. The molecule has 0 unspecified atom stereocenters. The van der Waals surface area contributed by atoms with Gasteiger partial charge in [-0.25, -0.2) is 4.79 Å². The lowest BCUT2D eigenvalue weighted by Gasteiger charge is -2.40. The van der Waals surface area contributed by atoms with Crippen molar-refractivity contribution in [1.82, 2.24) is 15.5 Å². The third-order valence-electron chi connectivity index (χ3n) is 5.56. The fraction of sp³-hybridized carbons (Fsp3) is 0.421. The molecule has 2 fully saturated rings. The largest absolute Gasteiger partial charge is 0.341 e. The zero-order chi connectivity index (χ0) is 17.4.